The molecule has 1 aliphatic rings. The maximum Gasteiger partial charge on any atom is 0.247 e. The first kappa shape index (κ1) is 25.2. The lowest BCUT2D eigenvalue weighted by Gasteiger charge is -2.25. The molecular formula is C27H33N7O2. The van der Waals surface area contributed by atoms with Gasteiger partial charge in [-0.2, -0.15) is 0 Å². The summed E-state index contributed by atoms with van der Waals surface area (Å²) in [6, 6.07) is 18.1. The van der Waals surface area contributed by atoms with Crippen LogP contribution in [0.2, 0.25) is 0 Å². The highest BCUT2D eigenvalue weighted by molar-refractivity contribution is 6.01. The van der Waals surface area contributed by atoms with Gasteiger partial charge in [-0.15, -0.1) is 0 Å². The van der Waals surface area contributed by atoms with Gasteiger partial charge < -0.3 is 20.4 Å². The minimum atomic E-state index is -0.267. The second kappa shape index (κ2) is 11.7. The molecule has 0 radical (unpaired) electrons. The molecule has 188 valence electrons. The van der Waals surface area contributed by atoms with Crippen LogP contribution in [0.4, 0.5) is 28.7 Å². The van der Waals surface area contributed by atoms with E-state index in [-0.39, 0.29) is 11.9 Å². The van der Waals surface area contributed by atoms with E-state index in [9.17, 15) is 4.79 Å². The number of amides is 1. The first-order valence-electron chi connectivity index (χ1n) is 11.9. The van der Waals surface area contributed by atoms with Crippen molar-refractivity contribution in [2.75, 3.05) is 61.4 Å². The normalized spacial score (nSPS) is 15.1. The van der Waals surface area contributed by atoms with Crippen LogP contribution >= 0.6 is 0 Å². The summed E-state index contributed by atoms with van der Waals surface area (Å²) in [5, 5.41) is 8.10. The molecule has 9 nitrogen and oxygen atoms in total. The number of rotatable bonds is 10. The van der Waals surface area contributed by atoms with Crippen molar-refractivity contribution >= 4 is 34.6 Å². The minimum Gasteiger partial charge on any atom is -0.372 e. The minimum absolute atomic E-state index is 0.0895. The van der Waals surface area contributed by atoms with Crippen LogP contribution in [-0.4, -0.2) is 61.6 Å². The van der Waals surface area contributed by atoms with E-state index >= 15 is 0 Å². The molecule has 2 heterocycles. The lowest BCUT2D eigenvalue weighted by Crippen LogP contribution is -2.29. The fourth-order valence-corrected chi connectivity index (χ4v) is 4.06. The van der Waals surface area contributed by atoms with Crippen molar-refractivity contribution in [1.82, 2.24) is 14.9 Å². The standard InChI is InChI=1S/C27H33N7O2/c1-5-27(35)31-22-17-21(11-12-24(22)33(4)15-14-32(2)3)30-25-18-26(29-19-28-25)34-23(13-16-36-34)20-9-7-6-8-10-20/h5-12,17-19,23H,1,13-16H2,2-4H3,(H,31,35)(H,28,29,30)/t23-/m1/s1. The third-order valence-electron chi connectivity index (χ3n) is 5.97. The van der Waals surface area contributed by atoms with Crippen LogP contribution in [0.5, 0.6) is 0 Å². The Bertz CT molecular complexity index is 1190. The average Bonchev–Trinajstić information content (AvgIpc) is 3.38. The number of hydrogen-bond donors (Lipinski definition) is 2. The van der Waals surface area contributed by atoms with Crippen molar-refractivity contribution in [1.29, 1.82) is 0 Å². The predicted molar refractivity (Wildman–Crippen MR) is 145 cm³/mol. The summed E-state index contributed by atoms with van der Waals surface area (Å²) in [6.07, 6.45) is 3.66. The molecule has 1 aromatic heterocycles. The zero-order valence-electron chi connectivity index (χ0n) is 21.0. The molecule has 1 aliphatic heterocycles. The number of hydrogen-bond acceptors (Lipinski definition) is 8. The summed E-state index contributed by atoms with van der Waals surface area (Å²) in [6.45, 7) is 5.90. The van der Waals surface area contributed by atoms with E-state index in [0.29, 0.717) is 23.9 Å². The van der Waals surface area contributed by atoms with E-state index in [1.54, 1.807) is 0 Å². The molecule has 2 aromatic carbocycles. The molecule has 1 atom stereocenters. The molecule has 4 rings (SSSR count). The van der Waals surface area contributed by atoms with Crippen molar-refractivity contribution in [2.45, 2.75) is 12.5 Å². The summed E-state index contributed by atoms with van der Waals surface area (Å²) in [4.78, 5) is 31.1. The maximum atomic E-state index is 12.1. The highest BCUT2D eigenvalue weighted by Crippen LogP contribution is 2.35. The highest BCUT2D eigenvalue weighted by atomic mass is 16.7. The van der Waals surface area contributed by atoms with Gasteiger partial charge >= 0.3 is 0 Å². The van der Waals surface area contributed by atoms with Gasteiger partial charge in [-0.25, -0.2) is 15.0 Å². The van der Waals surface area contributed by atoms with Crippen molar-refractivity contribution in [2.24, 2.45) is 0 Å². The van der Waals surface area contributed by atoms with E-state index in [0.717, 1.165) is 30.9 Å². The van der Waals surface area contributed by atoms with E-state index < -0.39 is 0 Å². The van der Waals surface area contributed by atoms with E-state index in [2.05, 4.69) is 49.1 Å². The number of anilines is 5. The lowest BCUT2D eigenvalue weighted by atomic mass is 10.0. The molecular weight excluding hydrogens is 454 g/mol. The Morgan fingerprint density at radius 1 is 1.14 bits per heavy atom. The smallest absolute Gasteiger partial charge is 0.247 e. The fraction of sp³-hybridized carbons (Fsp3) is 0.296. The zero-order chi connectivity index (χ0) is 25.5. The molecule has 0 saturated carbocycles. The third-order valence-corrected chi connectivity index (χ3v) is 5.97. The van der Waals surface area contributed by atoms with Crippen LogP contribution in [0.15, 0.2) is 73.6 Å². The Balaban J connectivity index is 1.55. The monoisotopic (exact) mass is 487 g/mol. The first-order valence-corrected chi connectivity index (χ1v) is 11.9. The van der Waals surface area contributed by atoms with Crippen molar-refractivity contribution in [3.05, 3.63) is 79.1 Å². The van der Waals surface area contributed by atoms with Crippen LogP contribution < -0.4 is 20.6 Å². The van der Waals surface area contributed by atoms with Crippen LogP contribution in [0.3, 0.4) is 0 Å². The van der Waals surface area contributed by atoms with Gasteiger partial charge in [0.2, 0.25) is 5.91 Å². The van der Waals surface area contributed by atoms with Crippen molar-refractivity contribution in [3.8, 4) is 0 Å². The quantitative estimate of drug-likeness (QED) is 0.411. The number of benzene rings is 2. The van der Waals surface area contributed by atoms with Gasteiger partial charge in [-0.05, 0) is 43.9 Å². The van der Waals surface area contributed by atoms with Gasteiger partial charge in [0.05, 0.1) is 24.0 Å². The maximum absolute atomic E-state index is 12.1. The van der Waals surface area contributed by atoms with Crippen LogP contribution in [0.1, 0.15) is 18.0 Å². The van der Waals surface area contributed by atoms with Gasteiger partial charge in [-0.1, -0.05) is 36.9 Å². The third kappa shape index (κ3) is 6.18. The van der Waals surface area contributed by atoms with Gasteiger partial charge in [-0.3, -0.25) is 9.63 Å². The second-order valence-corrected chi connectivity index (χ2v) is 8.91. The molecule has 3 aromatic rings. The van der Waals surface area contributed by atoms with Gasteiger partial charge in [0.15, 0.2) is 5.82 Å². The molecule has 0 spiro atoms. The van der Waals surface area contributed by atoms with Crippen LogP contribution in [-0.2, 0) is 9.63 Å². The number of likely N-dealkylation sites (N-methyl/N-ethyl adjacent to an activating group) is 2. The summed E-state index contributed by atoms with van der Waals surface area (Å²) in [5.41, 5.74) is 3.56. The lowest BCUT2D eigenvalue weighted by molar-refractivity contribution is -0.111. The van der Waals surface area contributed by atoms with E-state index in [4.69, 9.17) is 4.84 Å². The van der Waals surface area contributed by atoms with Crippen molar-refractivity contribution in [3.63, 3.8) is 0 Å². The second-order valence-electron chi connectivity index (χ2n) is 8.91. The molecule has 0 bridgehead atoms. The SMILES string of the molecule is C=CC(=O)Nc1cc(Nc2cc(N3OCC[C@@H]3c3ccccc3)ncn2)ccc1N(C)CCN(C)C. The Kier molecular flexibility index (Phi) is 8.14. The summed E-state index contributed by atoms with van der Waals surface area (Å²) < 4.78 is 0. The molecule has 1 amide bonds. The van der Waals surface area contributed by atoms with Gasteiger partial charge in [0, 0.05) is 38.3 Å². The Morgan fingerprint density at radius 2 is 1.94 bits per heavy atom. The molecule has 36 heavy (non-hydrogen) atoms. The largest absolute Gasteiger partial charge is 0.372 e. The molecule has 0 aliphatic carbocycles. The number of hydroxylamine groups is 1. The highest BCUT2D eigenvalue weighted by Gasteiger charge is 2.29. The molecule has 1 fully saturated rings. The molecule has 0 unspecified atom stereocenters. The fourth-order valence-electron chi connectivity index (χ4n) is 4.06. The average molecular weight is 488 g/mol. The number of nitrogens with one attached hydrogen (secondary N) is 2. The molecule has 2 N–H and O–H groups in total. The number of carbonyl (C=O) groups is 1. The number of nitrogens with zero attached hydrogens (tertiary/aromatic N) is 5. The van der Waals surface area contributed by atoms with Gasteiger partial charge in [0.25, 0.3) is 0 Å². The number of carbonyl (C=O) groups excluding carboxylic acids is 1. The zero-order valence-corrected chi connectivity index (χ0v) is 21.0. The summed E-state index contributed by atoms with van der Waals surface area (Å²) >= 11 is 0. The Morgan fingerprint density at radius 3 is 2.69 bits per heavy atom. The van der Waals surface area contributed by atoms with E-state index in [1.165, 1.54) is 18.0 Å². The van der Waals surface area contributed by atoms with Gasteiger partial charge in [0.1, 0.15) is 12.1 Å². The summed E-state index contributed by atoms with van der Waals surface area (Å²) in [5.74, 6) is 1.04. The Labute approximate surface area is 212 Å². The molecule has 1 saturated heterocycles. The molecule has 9 heteroatoms. The van der Waals surface area contributed by atoms with Crippen LogP contribution in [0, 0.1) is 0 Å². The topological polar surface area (TPSA) is 85.9 Å². The predicted octanol–water partition coefficient (Wildman–Crippen LogP) is 4.23. The first-order chi connectivity index (χ1) is 17.4. The van der Waals surface area contributed by atoms with E-state index in [1.807, 2.05) is 68.7 Å². The van der Waals surface area contributed by atoms with Crippen molar-refractivity contribution < 1.29 is 9.63 Å². The number of aromatic nitrogens is 2. The van der Waals surface area contributed by atoms with Crippen LogP contribution in [0.25, 0.3) is 0 Å². The Hall–Kier alpha value is -3.95. The summed E-state index contributed by atoms with van der Waals surface area (Å²) in [7, 11) is 6.07.